The smallest absolute Gasteiger partial charge is 0.330 e. The average Bonchev–Trinajstić information content (AvgIpc) is 3.01. The van der Waals surface area contributed by atoms with E-state index in [0.717, 1.165) is 0 Å². The van der Waals surface area contributed by atoms with Crippen LogP contribution in [-0.2, 0) is 6.54 Å². The number of hydrogen-bond donors (Lipinski definition) is 2. The molecule has 3 aromatic rings. The van der Waals surface area contributed by atoms with Crippen molar-refractivity contribution in [2.75, 3.05) is 17.2 Å². The SMILES string of the molecule is Cc1c(C(=O)N(CC(C)C)c2c(N)n(CC(C)C)c(=O)[nH]c2=O)oc2c(Cl)cccc12. The Hall–Kier alpha value is -3.00. The number of nitrogens with one attached hydrogen (secondary N) is 1. The fourth-order valence-electron chi connectivity index (χ4n) is 3.56. The van der Waals surface area contributed by atoms with E-state index in [2.05, 4.69) is 4.98 Å². The molecular weight excluding hydrogens is 420 g/mol. The molecule has 0 fully saturated rings. The lowest BCUT2D eigenvalue weighted by Gasteiger charge is -2.25. The minimum atomic E-state index is -0.719. The van der Waals surface area contributed by atoms with Gasteiger partial charge in [0, 0.05) is 24.0 Å². The Labute approximate surface area is 184 Å². The van der Waals surface area contributed by atoms with Crippen LogP contribution in [0, 0.1) is 18.8 Å². The van der Waals surface area contributed by atoms with Gasteiger partial charge in [0.25, 0.3) is 11.5 Å². The van der Waals surface area contributed by atoms with Gasteiger partial charge in [-0.2, -0.15) is 0 Å². The summed E-state index contributed by atoms with van der Waals surface area (Å²) in [5, 5.41) is 1.10. The molecule has 0 unspecified atom stereocenters. The third kappa shape index (κ3) is 4.25. The molecule has 31 heavy (non-hydrogen) atoms. The second-order valence-corrected chi connectivity index (χ2v) is 8.89. The van der Waals surface area contributed by atoms with Gasteiger partial charge in [-0.1, -0.05) is 51.4 Å². The van der Waals surface area contributed by atoms with Crippen LogP contribution in [0.5, 0.6) is 0 Å². The summed E-state index contributed by atoms with van der Waals surface area (Å²) in [4.78, 5) is 42.3. The number of aromatic amines is 1. The fourth-order valence-corrected chi connectivity index (χ4v) is 3.77. The number of aryl methyl sites for hydroxylation is 1. The molecule has 3 rings (SSSR count). The first-order valence-corrected chi connectivity index (χ1v) is 10.5. The Morgan fingerprint density at radius 1 is 1.23 bits per heavy atom. The number of furan rings is 1. The second-order valence-electron chi connectivity index (χ2n) is 8.48. The summed E-state index contributed by atoms with van der Waals surface area (Å²) >= 11 is 6.23. The number of carbonyl (C=O) groups is 1. The first kappa shape index (κ1) is 22.7. The zero-order valence-electron chi connectivity index (χ0n) is 18.3. The summed E-state index contributed by atoms with van der Waals surface area (Å²) in [6.45, 7) is 9.95. The standard InChI is InChI=1S/C22H27ClN4O4/c1-11(2)9-26(16-19(24)27(10-12(3)4)22(30)25-20(16)28)21(29)17-13(5)14-7-6-8-15(23)18(14)31-17/h6-8,11-12H,9-10,24H2,1-5H3,(H,25,28,30). The zero-order chi connectivity index (χ0) is 23.0. The number of halogens is 1. The van der Waals surface area contributed by atoms with Gasteiger partial charge in [-0.25, -0.2) is 4.79 Å². The molecule has 8 nitrogen and oxygen atoms in total. The number of benzene rings is 1. The molecule has 9 heteroatoms. The van der Waals surface area contributed by atoms with Crippen LogP contribution in [0.2, 0.25) is 5.02 Å². The van der Waals surface area contributed by atoms with Crippen molar-refractivity contribution in [3.05, 3.63) is 55.4 Å². The Bertz CT molecular complexity index is 1250. The Morgan fingerprint density at radius 3 is 2.48 bits per heavy atom. The number of fused-ring (bicyclic) bond motifs is 1. The van der Waals surface area contributed by atoms with E-state index < -0.39 is 17.2 Å². The van der Waals surface area contributed by atoms with E-state index in [1.807, 2.05) is 33.8 Å². The number of rotatable bonds is 6. The van der Waals surface area contributed by atoms with Crippen LogP contribution in [-0.4, -0.2) is 22.0 Å². The quantitative estimate of drug-likeness (QED) is 0.597. The number of anilines is 2. The number of amides is 1. The summed E-state index contributed by atoms with van der Waals surface area (Å²) in [7, 11) is 0. The van der Waals surface area contributed by atoms with Crippen molar-refractivity contribution in [1.29, 1.82) is 0 Å². The van der Waals surface area contributed by atoms with Crippen LogP contribution >= 0.6 is 11.6 Å². The molecule has 2 heterocycles. The molecule has 0 atom stereocenters. The molecule has 0 aliphatic carbocycles. The number of nitrogen functional groups attached to an aromatic ring is 1. The van der Waals surface area contributed by atoms with E-state index >= 15 is 0 Å². The first-order valence-electron chi connectivity index (χ1n) is 10.1. The first-order chi connectivity index (χ1) is 14.5. The third-order valence-electron chi connectivity index (χ3n) is 4.93. The topological polar surface area (TPSA) is 114 Å². The van der Waals surface area contributed by atoms with E-state index in [-0.39, 0.29) is 35.6 Å². The van der Waals surface area contributed by atoms with E-state index in [1.165, 1.54) is 9.47 Å². The van der Waals surface area contributed by atoms with Gasteiger partial charge in [0.15, 0.2) is 17.0 Å². The lowest BCUT2D eigenvalue weighted by molar-refractivity contribution is 0.0958. The molecule has 0 aliphatic heterocycles. The molecular formula is C22H27ClN4O4. The highest BCUT2D eigenvalue weighted by Crippen LogP contribution is 2.32. The van der Waals surface area contributed by atoms with Crippen LogP contribution in [0.15, 0.2) is 32.2 Å². The molecule has 0 radical (unpaired) electrons. The highest BCUT2D eigenvalue weighted by molar-refractivity contribution is 6.35. The Balaban J connectivity index is 2.22. The molecule has 166 valence electrons. The lowest BCUT2D eigenvalue weighted by atomic mass is 10.1. The van der Waals surface area contributed by atoms with Crippen molar-refractivity contribution in [3.8, 4) is 0 Å². The van der Waals surface area contributed by atoms with Gasteiger partial charge in [-0.15, -0.1) is 0 Å². The van der Waals surface area contributed by atoms with Crippen molar-refractivity contribution in [1.82, 2.24) is 9.55 Å². The highest BCUT2D eigenvalue weighted by Gasteiger charge is 2.30. The maximum absolute atomic E-state index is 13.6. The second kappa shape index (κ2) is 8.63. The van der Waals surface area contributed by atoms with Crippen molar-refractivity contribution >= 4 is 40.0 Å². The van der Waals surface area contributed by atoms with Gasteiger partial charge in [-0.3, -0.25) is 24.0 Å². The largest absolute Gasteiger partial charge is 0.449 e. The van der Waals surface area contributed by atoms with Crippen molar-refractivity contribution < 1.29 is 9.21 Å². The molecule has 0 bridgehead atoms. The number of carbonyl (C=O) groups excluding carboxylic acids is 1. The van der Waals surface area contributed by atoms with E-state index in [1.54, 1.807) is 19.1 Å². The van der Waals surface area contributed by atoms with Crippen molar-refractivity contribution in [3.63, 3.8) is 0 Å². The molecule has 1 aromatic carbocycles. The van der Waals surface area contributed by atoms with Gasteiger partial charge < -0.3 is 10.2 Å². The minimum Gasteiger partial charge on any atom is -0.449 e. The number of nitrogens with zero attached hydrogens (tertiary/aromatic N) is 2. The van der Waals surface area contributed by atoms with E-state index in [4.69, 9.17) is 21.8 Å². The van der Waals surface area contributed by atoms with Gasteiger partial charge in [0.1, 0.15) is 5.82 Å². The molecule has 2 aromatic heterocycles. The molecule has 0 saturated carbocycles. The zero-order valence-corrected chi connectivity index (χ0v) is 19.0. The summed E-state index contributed by atoms with van der Waals surface area (Å²) in [5.41, 5.74) is 5.89. The van der Waals surface area contributed by atoms with Gasteiger partial charge in [0.05, 0.1) is 5.02 Å². The van der Waals surface area contributed by atoms with Crippen molar-refractivity contribution in [2.24, 2.45) is 11.8 Å². The minimum absolute atomic E-state index is 0.0153. The normalized spacial score (nSPS) is 11.6. The number of aromatic nitrogens is 2. The molecule has 1 amide bonds. The van der Waals surface area contributed by atoms with Gasteiger partial charge in [0.2, 0.25) is 0 Å². The van der Waals surface area contributed by atoms with Crippen LogP contribution in [0.3, 0.4) is 0 Å². The number of para-hydroxylation sites is 1. The molecule has 0 saturated heterocycles. The Kier molecular flexibility index (Phi) is 6.31. The fraction of sp³-hybridized carbons (Fsp3) is 0.409. The summed E-state index contributed by atoms with van der Waals surface area (Å²) in [6.07, 6.45) is 0. The molecule has 0 aliphatic rings. The van der Waals surface area contributed by atoms with Crippen LogP contribution in [0.4, 0.5) is 11.5 Å². The average molecular weight is 447 g/mol. The summed E-state index contributed by atoms with van der Waals surface area (Å²) < 4.78 is 7.11. The number of nitrogens with two attached hydrogens (primary N) is 1. The predicted octanol–water partition coefficient (Wildman–Crippen LogP) is 3.79. The number of H-pyrrole nitrogens is 1. The van der Waals surface area contributed by atoms with Crippen molar-refractivity contribution in [2.45, 2.75) is 41.2 Å². The van der Waals surface area contributed by atoms with Crippen LogP contribution in [0.1, 0.15) is 43.8 Å². The monoisotopic (exact) mass is 446 g/mol. The predicted molar refractivity (Wildman–Crippen MR) is 123 cm³/mol. The maximum Gasteiger partial charge on any atom is 0.330 e. The van der Waals surface area contributed by atoms with Crippen LogP contribution < -0.4 is 21.9 Å². The van der Waals surface area contributed by atoms with E-state index in [0.29, 0.717) is 28.1 Å². The molecule has 0 spiro atoms. The lowest BCUT2D eigenvalue weighted by Crippen LogP contribution is -2.43. The van der Waals surface area contributed by atoms with Gasteiger partial charge in [-0.05, 0) is 24.8 Å². The number of hydrogen-bond acceptors (Lipinski definition) is 5. The highest BCUT2D eigenvalue weighted by atomic mass is 35.5. The van der Waals surface area contributed by atoms with E-state index in [9.17, 15) is 14.4 Å². The van der Waals surface area contributed by atoms with Gasteiger partial charge >= 0.3 is 5.69 Å². The van der Waals surface area contributed by atoms with Crippen LogP contribution in [0.25, 0.3) is 11.0 Å². The molecule has 3 N–H and O–H groups in total. The summed E-state index contributed by atoms with van der Waals surface area (Å²) in [5.74, 6) is -0.382. The third-order valence-corrected chi connectivity index (χ3v) is 5.23. The summed E-state index contributed by atoms with van der Waals surface area (Å²) in [6, 6.07) is 5.27. The maximum atomic E-state index is 13.6. The Morgan fingerprint density at radius 2 is 1.90 bits per heavy atom.